The van der Waals surface area contributed by atoms with Gasteiger partial charge in [-0.2, -0.15) is 18.2 Å². The topological polar surface area (TPSA) is 68.4 Å². The van der Waals surface area contributed by atoms with Crippen molar-refractivity contribution in [3.63, 3.8) is 0 Å². The molecule has 1 N–H and O–H groups in total. The lowest BCUT2D eigenvalue weighted by molar-refractivity contribution is -0.177. The first-order valence-electron chi connectivity index (χ1n) is 5.48. The van der Waals surface area contributed by atoms with Gasteiger partial charge in [-0.25, -0.2) is 0 Å². The fraction of sp³-hybridized carbons (Fsp3) is 0.800. The summed E-state index contributed by atoms with van der Waals surface area (Å²) in [5, 5.41) is 13.0. The molecule has 1 aromatic heterocycles. The Kier molecular flexibility index (Phi) is 5.09. The van der Waals surface area contributed by atoms with Crippen LogP contribution in [0.4, 0.5) is 13.2 Å². The molecule has 0 fully saturated rings. The highest BCUT2D eigenvalue weighted by atomic mass is 19.4. The number of rotatable bonds is 6. The minimum Gasteiger partial charge on any atom is -0.392 e. The minimum atomic E-state index is -4.38. The molecule has 2 unspecified atom stereocenters. The molecular formula is C10H15F3N2O3. The summed E-state index contributed by atoms with van der Waals surface area (Å²) >= 11 is 0. The Hall–Kier alpha value is -1.15. The zero-order valence-corrected chi connectivity index (χ0v) is 10.1. The zero-order valence-electron chi connectivity index (χ0n) is 10.1. The van der Waals surface area contributed by atoms with Gasteiger partial charge >= 0.3 is 6.18 Å². The van der Waals surface area contributed by atoms with Crippen LogP contribution in [-0.2, 0) is 11.3 Å². The molecule has 1 aromatic rings. The van der Waals surface area contributed by atoms with Crippen LogP contribution in [0.15, 0.2) is 4.52 Å². The van der Waals surface area contributed by atoms with Crippen LogP contribution in [-0.4, -0.2) is 34.1 Å². The van der Waals surface area contributed by atoms with Crippen LogP contribution >= 0.6 is 0 Å². The van der Waals surface area contributed by atoms with Crippen molar-refractivity contribution >= 4 is 0 Å². The van der Waals surface area contributed by atoms with E-state index in [1.807, 2.05) is 0 Å². The van der Waals surface area contributed by atoms with Gasteiger partial charge in [0.25, 0.3) is 0 Å². The summed E-state index contributed by atoms with van der Waals surface area (Å²) in [4.78, 5) is 3.87. The predicted octanol–water partition coefficient (Wildman–Crippen LogP) is 2.02. The summed E-state index contributed by atoms with van der Waals surface area (Å²) < 4.78 is 44.7. The summed E-state index contributed by atoms with van der Waals surface area (Å²) in [7, 11) is 0. The number of hydrogen-bond donors (Lipinski definition) is 1. The second-order valence-electron chi connectivity index (χ2n) is 3.92. The van der Waals surface area contributed by atoms with Gasteiger partial charge in [0.2, 0.25) is 5.89 Å². The van der Waals surface area contributed by atoms with E-state index in [9.17, 15) is 18.3 Å². The first kappa shape index (κ1) is 14.9. The van der Waals surface area contributed by atoms with E-state index in [4.69, 9.17) is 4.52 Å². The number of aliphatic hydroxyl groups excluding tert-OH is 1. The van der Waals surface area contributed by atoms with Gasteiger partial charge in [-0.3, -0.25) is 0 Å². The van der Waals surface area contributed by atoms with Crippen LogP contribution in [0.1, 0.15) is 37.9 Å². The number of alkyl halides is 3. The van der Waals surface area contributed by atoms with Gasteiger partial charge in [0.05, 0.1) is 12.0 Å². The van der Waals surface area contributed by atoms with E-state index in [1.165, 1.54) is 0 Å². The molecule has 5 nitrogen and oxygen atoms in total. The molecule has 104 valence electrons. The van der Waals surface area contributed by atoms with E-state index in [1.54, 1.807) is 13.8 Å². The van der Waals surface area contributed by atoms with Crippen molar-refractivity contribution in [3.05, 3.63) is 11.7 Å². The Morgan fingerprint density at radius 1 is 1.44 bits per heavy atom. The third-order valence-electron chi connectivity index (χ3n) is 2.37. The summed E-state index contributed by atoms with van der Waals surface area (Å²) in [6.45, 7) is 1.76. The van der Waals surface area contributed by atoms with Crippen molar-refractivity contribution in [3.8, 4) is 0 Å². The van der Waals surface area contributed by atoms with Gasteiger partial charge in [-0.15, -0.1) is 0 Å². The second kappa shape index (κ2) is 6.14. The number of hydrogen-bond acceptors (Lipinski definition) is 5. The Balaban J connectivity index is 2.48. The van der Waals surface area contributed by atoms with Crippen molar-refractivity contribution in [2.24, 2.45) is 0 Å². The maximum Gasteiger partial charge on any atom is 0.411 e. The maximum atomic E-state index is 11.8. The monoisotopic (exact) mass is 268 g/mol. The number of ether oxygens (including phenoxy) is 1. The van der Waals surface area contributed by atoms with Crippen LogP contribution in [0.3, 0.4) is 0 Å². The van der Waals surface area contributed by atoms with Gasteiger partial charge < -0.3 is 14.4 Å². The zero-order chi connectivity index (χ0) is 13.8. The molecule has 2 atom stereocenters. The van der Waals surface area contributed by atoms with Gasteiger partial charge in [-0.1, -0.05) is 19.0 Å². The molecule has 0 saturated carbocycles. The number of aromatic nitrogens is 2. The summed E-state index contributed by atoms with van der Waals surface area (Å²) in [5.74, 6) is -0.141. The standard InChI is InChI=1S/C10H15F3N2O3/c1-3-7(16)6(2)9-14-8(15-18-9)4-17-5-10(11,12)13/h6-7,16H,3-5H2,1-2H3. The van der Waals surface area contributed by atoms with E-state index in [0.717, 1.165) is 0 Å². The molecule has 0 amide bonds. The summed E-state index contributed by atoms with van der Waals surface area (Å²) in [6, 6.07) is 0. The molecule has 0 aliphatic rings. The molecule has 1 heterocycles. The molecule has 8 heteroatoms. The lowest BCUT2D eigenvalue weighted by atomic mass is 10.0. The summed E-state index contributed by atoms with van der Waals surface area (Å²) in [6.07, 6.45) is -4.49. The average molecular weight is 268 g/mol. The van der Waals surface area contributed by atoms with Crippen molar-refractivity contribution in [1.82, 2.24) is 10.1 Å². The van der Waals surface area contributed by atoms with Gasteiger partial charge in [0.15, 0.2) is 5.82 Å². The number of aliphatic hydroxyl groups is 1. The third kappa shape index (κ3) is 4.61. The van der Waals surface area contributed by atoms with E-state index < -0.39 is 18.9 Å². The largest absolute Gasteiger partial charge is 0.411 e. The van der Waals surface area contributed by atoms with Gasteiger partial charge in [0.1, 0.15) is 13.2 Å². The highest BCUT2D eigenvalue weighted by Crippen LogP contribution is 2.20. The quantitative estimate of drug-likeness (QED) is 0.854. The van der Waals surface area contributed by atoms with Crippen molar-refractivity contribution in [1.29, 1.82) is 0 Å². The maximum absolute atomic E-state index is 11.8. The molecule has 0 aliphatic heterocycles. The van der Waals surface area contributed by atoms with Crippen molar-refractivity contribution in [2.75, 3.05) is 6.61 Å². The lowest BCUT2D eigenvalue weighted by Crippen LogP contribution is -2.17. The van der Waals surface area contributed by atoms with Crippen LogP contribution in [0.25, 0.3) is 0 Å². The van der Waals surface area contributed by atoms with Crippen LogP contribution in [0.5, 0.6) is 0 Å². The first-order chi connectivity index (χ1) is 8.33. The highest BCUT2D eigenvalue weighted by Gasteiger charge is 2.28. The lowest BCUT2D eigenvalue weighted by Gasteiger charge is -2.11. The second-order valence-corrected chi connectivity index (χ2v) is 3.92. The Labute approximate surface area is 102 Å². The molecule has 0 bridgehead atoms. The van der Waals surface area contributed by atoms with Crippen molar-refractivity contribution < 1.29 is 27.5 Å². The summed E-state index contributed by atoms with van der Waals surface area (Å²) in [5.41, 5.74) is 0. The smallest absolute Gasteiger partial charge is 0.392 e. The molecule has 0 saturated heterocycles. The average Bonchev–Trinajstić information content (AvgIpc) is 2.74. The Morgan fingerprint density at radius 3 is 2.67 bits per heavy atom. The van der Waals surface area contributed by atoms with E-state index >= 15 is 0 Å². The van der Waals surface area contributed by atoms with E-state index in [2.05, 4.69) is 14.9 Å². The van der Waals surface area contributed by atoms with Crippen LogP contribution < -0.4 is 0 Å². The minimum absolute atomic E-state index is 0.0319. The molecule has 1 rings (SSSR count). The van der Waals surface area contributed by atoms with Crippen LogP contribution in [0.2, 0.25) is 0 Å². The fourth-order valence-corrected chi connectivity index (χ4v) is 1.29. The van der Waals surface area contributed by atoms with Gasteiger partial charge in [-0.05, 0) is 6.42 Å². The number of nitrogens with zero attached hydrogens (tertiary/aromatic N) is 2. The molecule has 0 aliphatic carbocycles. The molecular weight excluding hydrogens is 253 g/mol. The predicted molar refractivity (Wildman–Crippen MR) is 54.7 cm³/mol. The number of halogens is 3. The normalized spacial score (nSPS) is 15.7. The molecule has 0 radical (unpaired) electrons. The Bertz CT molecular complexity index is 367. The van der Waals surface area contributed by atoms with Gasteiger partial charge in [0, 0.05) is 0 Å². The van der Waals surface area contributed by atoms with Crippen molar-refractivity contribution in [2.45, 2.75) is 45.1 Å². The van der Waals surface area contributed by atoms with E-state index in [0.29, 0.717) is 6.42 Å². The molecule has 18 heavy (non-hydrogen) atoms. The highest BCUT2D eigenvalue weighted by molar-refractivity contribution is 4.94. The van der Waals surface area contributed by atoms with E-state index in [-0.39, 0.29) is 24.2 Å². The Morgan fingerprint density at radius 2 is 2.11 bits per heavy atom. The molecule has 0 spiro atoms. The SMILES string of the molecule is CCC(O)C(C)c1nc(COCC(F)(F)F)no1. The van der Waals surface area contributed by atoms with Crippen LogP contribution in [0, 0.1) is 0 Å². The first-order valence-corrected chi connectivity index (χ1v) is 5.48. The third-order valence-corrected chi connectivity index (χ3v) is 2.37. The fourth-order valence-electron chi connectivity index (χ4n) is 1.29. The molecule has 0 aromatic carbocycles.